The Balaban J connectivity index is 1.39. The van der Waals surface area contributed by atoms with Crippen LogP contribution in [0.2, 0.25) is 0 Å². The minimum atomic E-state index is -0.175. The Morgan fingerprint density at radius 2 is 1.93 bits per heavy atom. The lowest BCUT2D eigenvalue weighted by atomic mass is 9.94. The predicted molar refractivity (Wildman–Crippen MR) is 106 cm³/mol. The van der Waals surface area contributed by atoms with Gasteiger partial charge in [0.2, 0.25) is 5.91 Å². The molecule has 1 aromatic carbocycles. The Hall–Kier alpha value is -2.44. The molecule has 1 N–H and O–H groups in total. The van der Waals surface area contributed by atoms with E-state index in [0.717, 1.165) is 18.5 Å². The molecule has 7 nitrogen and oxygen atoms in total. The molecule has 1 aromatic rings. The van der Waals surface area contributed by atoms with Gasteiger partial charge >= 0.3 is 6.03 Å². The third-order valence-electron chi connectivity index (χ3n) is 5.91. The van der Waals surface area contributed by atoms with E-state index in [1.165, 1.54) is 19.3 Å². The number of carbonyl (C=O) groups excluding carboxylic acids is 2. The number of carbonyl (C=O) groups is 2. The number of rotatable bonds is 4. The maximum absolute atomic E-state index is 12.8. The third-order valence-corrected chi connectivity index (χ3v) is 5.91. The monoisotopic (exact) mass is 387 g/mol. The van der Waals surface area contributed by atoms with Gasteiger partial charge in [0.15, 0.2) is 11.5 Å². The molecule has 1 atom stereocenters. The van der Waals surface area contributed by atoms with Gasteiger partial charge in [-0.1, -0.05) is 19.3 Å². The van der Waals surface area contributed by atoms with Crippen molar-refractivity contribution in [2.45, 2.75) is 57.5 Å². The standard InChI is InChI=1S/C21H29N3O4/c1-2-23(16-6-4-3-5-7-16)21(26)22-15-12-20(25)24(14-15)17-8-9-18-19(13-17)28-11-10-27-18/h8-9,13,15-16H,2-7,10-12,14H2,1H3,(H,22,26). The highest BCUT2D eigenvalue weighted by Crippen LogP contribution is 2.35. The highest BCUT2D eigenvalue weighted by Gasteiger charge is 2.34. The van der Waals surface area contributed by atoms with Gasteiger partial charge in [-0.25, -0.2) is 4.79 Å². The Bertz CT molecular complexity index is 732. The summed E-state index contributed by atoms with van der Waals surface area (Å²) in [5, 5.41) is 3.09. The molecule has 0 aromatic heterocycles. The van der Waals surface area contributed by atoms with Crippen molar-refractivity contribution in [3.63, 3.8) is 0 Å². The zero-order valence-electron chi connectivity index (χ0n) is 16.5. The van der Waals surface area contributed by atoms with Crippen molar-refractivity contribution in [2.24, 2.45) is 0 Å². The zero-order chi connectivity index (χ0) is 19.5. The van der Waals surface area contributed by atoms with Crippen LogP contribution < -0.4 is 19.7 Å². The largest absolute Gasteiger partial charge is 0.486 e. The highest BCUT2D eigenvalue weighted by atomic mass is 16.6. The van der Waals surface area contributed by atoms with Crippen molar-refractivity contribution in [2.75, 3.05) is 31.2 Å². The lowest BCUT2D eigenvalue weighted by Gasteiger charge is -2.34. The summed E-state index contributed by atoms with van der Waals surface area (Å²) < 4.78 is 11.2. The summed E-state index contributed by atoms with van der Waals surface area (Å²) in [6, 6.07) is 5.66. The van der Waals surface area contributed by atoms with Crippen molar-refractivity contribution in [1.29, 1.82) is 0 Å². The number of ether oxygens (including phenoxy) is 2. The fraction of sp³-hybridized carbons (Fsp3) is 0.619. The van der Waals surface area contributed by atoms with E-state index in [0.29, 0.717) is 50.3 Å². The van der Waals surface area contributed by atoms with Crippen molar-refractivity contribution in [1.82, 2.24) is 10.2 Å². The second-order valence-corrected chi connectivity index (χ2v) is 7.76. The summed E-state index contributed by atoms with van der Waals surface area (Å²) in [6.07, 6.45) is 6.12. The Morgan fingerprint density at radius 1 is 1.18 bits per heavy atom. The van der Waals surface area contributed by atoms with Crippen LogP contribution in [0.3, 0.4) is 0 Å². The summed E-state index contributed by atoms with van der Waals surface area (Å²) in [5.41, 5.74) is 0.783. The van der Waals surface area contributed by atoms with Crippen molar-refractivity contribution in [3.05, 3.63) is 18.2 Å². The number of fused-ring (bicyclic) bond motifs is 1. The van der Waals surface area contributed by atoms with E-state index in [1.807, 2.05) is 30.0 Å². The molecular formula is C21H29N3O4. The number of urea groups is 1. The van der Waals surface area contributed by atoms with Crippen LogP contribution in [-0.2, 0) is 4.79 Å². The molecule has 0 spiro atoms. The van der Waals surface area contributed by atoms with Crippen LogP contribution in [0.1, 0.15) is 45.4 Å². The molecule has 4 rings (SSSR count). The molecule has 152 valence electrons. The molecule has 1 unspecified atom stereocenters. The smallest absolute Gasteiger partial charge is 0.317 e. The highest BCUT2D eigenvalue weighted by molar-refractivity contribution is 5.97. The first-order valence-corrected chi connectivity index (χ1v) is 10.4. The minimum Gasteiger partial charge on any atom is -0.486 e. The van der Waals surface area contributed by atoms with Gasteiger partial charge in [0, 0.05) is 37.3 Å². The Kier molecular flexibility index (Phi) is 5.59. The summed E-state index contributed by atoms with van der Waals surface area (Å²) >= 11 is 0. The third kappa shape index (κ3) is 3.88. The van der Waals surface area contributed by atoms with E-state index in [2.05, 4.69) is 5.32 Å². The van der Waals surface area contributed by atoms with E-state index in [4.69, 9.17) is 9.47 Å². The number of benzene rings is 1. The Morgan fingerprint density at radius 3 is 2.68 bits per heavy atom. The van der Waals surface area contributed by atoms with Crippen molar-refractivity contribution in [3.8, 4) is 11.5 Å². The van der Waals surface area contributed by atoms with Gasteiger partial charge in [0.05, 0.1) is 6.04 Å². The quantitative estimate of drug-likeness (QED) is 0.862. The lowest BCUT2D eigenvalue weighted by Crippen LogP contribution is -2.50. The van der Waals surface area contributed by atoms with Crippen LogP contribution in [0.4, 0.5) is 10.5 Å². The molecule has 0 bridgehead atoms. The summed E-state index contributed by atoms with van der Waals surface area (Å²) in [7, 11) is 0. The first-order valence-electron chi connectivity index (χ1n) is 10.4. The summed E-state index contributed by atoms with van der Waals surface area (Å²) in [4.78, 5) is 29.0. The predicted octanol–water partition coefficient (Wildman–Crippen LogP) is 2.93. The Labute approximate surface area is 166 Å². The van der Waals surface area contributed by atoms with E-state index < -0.39 is 0 Å². The number of nitrogens with zero attached hydrogens (tertiary/aromatic N) is 2. The van der Waals surface area contributed by atoms with Crippen LogP contribution in [0.25, 0.3) is 0 Å². The molecule has 3 amide bonds. The van der Waals surface area contributed by atoms with Crippen LogP contribution in [-0.4, -0.2) is 55.2 Å². The number of anilines is 1. The van der Waals surface area contributed by atoms with Gasteiger partial charge in [0.25, 0.3) is 0 Å². The molecule has 28 heavy (non-hydrogen) atoms. The minimum absolute atomic E-state index is 0.0164. The van der Waals surface area contributed by atoms with Crippen LogP contribution in [0.15, 0.2) is 18.2 Å². The molecule has 3 aliphatic rings. The lowest BCUT2D eigenvalue weighted by molar-refractivity contribution is -0.117. The molecule has 2 fully saturated rings. The normalized spacial score (nSPS) is 22.2. The fourth-order valence-electron chi connectivity index (χ4n) is 4.47. The first-order chi connectivity index (χ1) is 13.7. The maximum atomic E-state index is 12.8. The molecule has 7 heteroatoms. The van der Waals surface area contributed by atoms with E-state index >= 15 is 0 Å². The zero-order valence-corrected chi connectivity index (χ0v) is 16.5. The van der Waals surface area contributed by atoms with Gasteiger partial charge in [0.1, 0.15) is 13.2 Å². The van der Waals surface area contributed by atoms with Crippen molar-refractivity contribution < 1.29 is 19.1 Å². The summed E-state index contributed by atoms with van der Waals surface area (Å²) in [5.74, 6) is 1.39. The molecule has 1 aliphatic carbocycles. The average Bonchev–Trinajstić information content (AvgIpc) is 3.09. The molecule has 1 saturated carbocycles. The maximum Gasteiger partial charge on any atom is 0.317 e. The molecule has 2 heterocycles. The van der Waals surface area contributed by atoms with Crippen LogP contribution in [0, 0.1) is 0 Å². The summed E-state index contributed by atoms with van der Waals surface area (Å²) in [6.45, 7) is 4.25. The van der Waals surface area contributed by atoms with E-state index in [1.54, 1.807) is 4.90 Å². The van der Waals surface area contributed by atoms with Gasteiger partial charge in [-0.05, 0) is 31.9 Å². The molecule has 1 saturated heterocycles. The molecule has 0 radical (unpaired) electrons. The van der Waals surface area contributed by atoms with E-state index in [-0.39, 0.29) is 18.0 Å². The van der Waals surface area contributed by atoms with E-state index in [9.17, 15) is 9.59 Å². The first kappa shape index (κ1) is 18.9. The number of hydrogen-bond acceptors (Lipinski definition) is 4. The molecular weight excluding hydrogens is 358 g/mol. The molecule has 2 aliphatic heterocycles. The SMILES string of the molecule is CCN(C(=O)NC1CC(=O)N(c2ccc3c(c2)OCCO3)C1)C1CCCCC1. The topological polar surface area (TPSA) is 71.1 Å². The van der Waals surface area contributed by atoms with Crippen LogP contribution >= 0.6 is 0 Å². The van der Waals surface area contributed by atoms with Crippen LogP contribution in [0.5, 0.6) is 11.5 Å². The van der Waals surface area contributed by atoms with Gasteiger partial charge in [-0.15, -0.1) is 0 Å². The average molecular weight is 387 g/mol. The van der Waals surface area contributed by atoms with Gasteiger partial charge in [-0.3, -0.25) is 4.79 Å². The number of amides is 3. The number of hydrogen-bond donors (Lipinski definition) is 1. The second kappa shape index (κ2) is 8.29. The second-order valence-electron chi connectivity index (χ2n) is 7.76. The number of nitrogens with one attached hydrogen (secondary N) is 1. The van der Waals surface area contributed by atoms with Crippen molar-refractivity contribution >= 4 is 17.6 Å². The van der Waals surface area contributed by atoms with Gasteiger partial charge < -0.3 is 24.6 Å². The van der Waals surface area contributed by atoms with Gasteiger partial charge in [-0.2, -0.15) is 0 Å². The fourth-order valence-corrected chi connectivity index (χ4v) is 4.47.